The van der Waals surface area contributed by atoms with Gasteiger partial charge in [-0.3, -0.25) is 9.59 Å². The number of carboxylic acids is 1. The normalized spacial score (nSPS) is 42.3. The Morgan fingerprint density at radius 2 is 1.28 bits per heavy atom. The number of fused-ring (bicyclic) bond motifs is 2. The van der Waals surface area contributed by atoms with Gasteiger partial charge >= 0.3 is 11.9 Å². The number of carbonyl (C=O) groups is 2. The highest BCUT2D eigenvalue weighted by Gasteiger charge is 2.51. The van der Waals surface area contributed by atoms with Crippen molar-refractivity contribution >= 4 is 11.9 Å². The number of allylic oxidation sites excluding steroid dienone is 10. The Morgan fingerprint density at radius 3 is 1.94 bits per heavy atom. The molecule has 0 aromatic carbocycles. The Morgan fingerprint density at radius 1 is 0.692 bits per heavy atom. The SMILES string of the molecule is C[C@H]1[C@H](O)[C@@H](C)C=CC=CCCC=CC=CC=CC=C[C@H](O[C@@H]2O[C@H](C)[C@@H](O)[C@H](N)[C@@H]2O)C[C@@H]2O[C@](O)(C[C@@H](O)[C@H](O)CC[C@@H](O)C[C@@H](O)C[C@@H](O)CC(=O)O[C@H]1C)C[C@H](O)[C@H]2C(=O)O. The first-order chi connectivity index (χ1) is 30.6. The summed E-state index contributed by atoms with van der Waals surface area (Å²) < 4.78 is 23.2. The maximum absolute atomic E-state index is 12.6. The van der Waals surface area contributed by atoms with Crippen LogP contribution in [0.25, 0.3) is 0 Å². The molecule has 19 atom stereocenters. The number of aliphatic carboxylic acids is 1. The predicted octanol–water partition coefficient (Wildman–Crippen LogP) is 0.936. The molecule has 3 aliphatic heterocycles. The summed E-state index contributed by atoms with van der Waals surface area (Å²) in [6, 6.07) is -1.14. The summed E-state index contributed by atoms with van der Waals surface area (Å²) in [6.07, 6.45) is 2.28. The Labute approximate surface area is 381 Å². The molecule has 2 bridgehead atoms. The van der Waals surface area contributed by atoms with Gasteiger partial charge in [0, 0.05) is 31.1 Å². The van der Waals surface area contributed by atoms with Crippen LogP contribution in [0.15, 0.2) is 72.9 Å². The number of hydrogen-bond acceptors (Lipinski definition) is 17. The van der Waals surface area contributed by atoms with Crippen molar-refractivity contribution in [1.82, 2.24) is 0 Å². The molecule has 0 aromatic rings. The van der Waals surface area contributed by atoms with Crippen LogP contribution < -0.4 is 5.73 Å². The lowest BCUT2D eigenvalue weighted by Crippen LogP contribution is -2.61. The second-order valence-corrected chi connectivity index (χ2v) is 17.8. The molecule has 3 heterocycles. The fourth-order valence-electron chi connectivity index (χ4n) is 8.11. The lowest BCUT2D eigenvalue weighted by molar-refractivity contribution is -0.310. The van der Waals surface area contributed by atoms with Crippen molar-refractivity contribution in [2.45, 2.75) is 189 Å². The maximum Gasteiger partial charge on any atom is 0.311 e. The van der Waals surface area contributed by atoms with Gasteiger partial charge in [-0.25, -0.2) is 0 Å². The van der Waals surface area contributed by atoms with E-state index in [4.69, 9.17) is 24.7 Å². The monoisotopic (exact) mass is 926 g/mol. The van der Waals surface area contributed by atoms with Crippen LogP contribution in [-0.2, 0) is 28.5 Å². The van der Waals surface area contributed by atoms with Crippen LogP contribution in [-0.4, -0.2) is 166 Å². The summed E-state index contributed by atoms with van der Waals surface area (Å²) in [5, 5.41) is 118. The molecule has 18 heteroatoms. The lowest BCUT2D eigenvalue weighted by Gasteiger charge is -2.45. The number of hydrogen-bond donors (Lipinski definition) is 12. The van der Waals surface area contributed by atoms with Gasteiger partial charge in [0.15, 0.2) is 12.1 Å². The standard InChI is InChI=1S/C47H75NO17/c1-27-17-15-13-11-9-7-5-6-8-10-12-14-16-18-34(64-46-44(58)41(48)43(57)30(4)63-46)24-38-40(45(59)60)37(54)26-47(61,65-38)25-36(53)35(52)20-19-31(49)21-32(50)22-33(51)23-39(55)62-29(3)28(2)42(27)56/h5-6,8,10-18,27-38,40-44,46,49-54,56-58,61H,7,9,19-26,48H2,1-4H3,(H,59,60)/t27-,28+,29-,30+,31+,32+,33+,34-,35+,36+,37-,38-,40+,41-,42+,43+,44-,46-,47+/m0/s1. The zero-order valence-electron chi connectivity index (χ0n) is 37.8. The Hall–Kier alpha value is -3.18. The molecular weight excluding hydrogens is 851 g/mol. The number of carboxylic acid groups (broad SMARTS) is 1. The maximum atomic E-state index is 12.6. The van der Waals surface area contributed by atoms with Crippen molar-refractivity contribution in [3.8, 4) is 0 Å². The molecule has 370 valence electrons. The van der Waals surface area contributed by atoms with Crippen molar-refractivity contribution in [1.29, 1.82) is 0 Å². The second-order valence-electron chi connectivity index (χ2n) is 17.8. The van der Waals surface area contributed by atoms with Crippen LogP contribution in [0.4, 0.5) is 0 Å². The summed E-state index contributed by atoms with van der Waals surface area (Å²) in [7, 11) is 0. The average molecular weight is 926 g/mol. The highest BCUT2D eigenvalue weighted by atomic mass is 16.7. The zero-order valence-corrected chi connectivity index (χ0v) is 37.8. The fraction of sp³-hybridized carbons (Fsp3) is 0.702. The van der Waals surface area contributed by atoms with Crippen LogP contribution in [0.1, 0.15) is 91.9 Å². The highest BCUT2D eigenvalue weighted by molar-refractivity contribution is 5.71. The van der Waals surface area contributed by atoms with Crippen molar-refractivity contribution in [2.75, 3.05) is 0 Å². The molecular formula is C47H75NO17. The molecule has 13 N–H and O–H groups in total. The third kappa shape index (κ3) is 18.8. The molecule has 0 spiro atoms. The average Bonchev–Trinajstić information content (AvgIpc) is 3.21. The van der Waals surface area contributed by atoms with Crippen molar-refractivity contribution in [2.24, 2.45) is 23.5 Å². The summed E-state index contributed by atoms with van der Waals surface area (Å²) in [6.45, 7) is 6.78. The molecule has 2 fully saturated rings. The fourth-order valence-corrected chi connectivity index (χ4v) is 8.11. The van der Waals surface area contributed by atoms with Gasteiger partial charge in [0.1, 0.15) is 18.1 Å². The minimum atomic E-state index is -2.35. The Bertz CT molecular complexity index is 1620. The van der Waals surface area contributed by atoms with E-state index in [9.17, 15) is 65.8 Å². The molecule has 0 aromatic heterocycles. The topological polar surface area (TPSA) is 320 Å². The van der Waals surface area contributed by atoms with Crippen LogP contribution in [0.2, 0.25) is 0 Å². The minimum absolute atomic E-state index is 0.138. The smallest absolute Gasteiger partial charge is 0.311 e. The quantitative estimate of drug-likeness (QED) is 0.175. The van der Waals surface area contributed by atoms with Crippen molar-refractivity contribution in [3.05, 3.63) is 72.9 Å². The van der Waals surface area contributed by atoms with Gasteiger partial charge < -0.3 is 80.9 Å². The van der Waals surface area contributed by atoms with Crippen LogP contribution in [0.3, 0.4) is 0 Å². The number of cyclic esters (lactones) is 1. The summed E-state index contributed by atoms with van der Waals surface area (Å²) in [5.74, 6) is -6.82. The molecule has 65 heavy (non-hydrogen) atoms. The molecule has 0 amide bonds. The van der Waals surface area contributed by atoms with Crippen molar-refractivity contribution < 1.29 is 84.7 Å². The van der Waals surface area contributed by atoms with E-state index in [2.05, 4.69) is 0 Å². The largest absolute Gasteiger partial charge is 0.481 e. The molecule has 0 saturated carbocycles. The van der Waals surface area contributed by atoms with Crippen LogP contribution in [0, 0.1) is 17.8 Å². The lowest BCUT2D eigenvalue weighted by atomic mass is 9.82. The minimum Gasteiger partial charge on any atom is -0.481 e. The van der Waals surface area contributed by atoms with E-state index >= 15 is 0 Å². The van der Waals surface area contributed by atoms with E-state index in [1.807, 2.05) is 49.5 Å². The van der Waals surface area contributed by atoms with Crippen LogP contribution in [0.5, 0.6) is 0 Å². The van der Waals surface area contributed by atoms with E-state index in [-0.39, 0.29) is 38.0 Å². The van der Waals surface area contributed by atoms with Gasteiger partial charge in [-0.2, -0.15) is 0 Å². The van der Waals surface area contributed by atoms with Gasteiger partial charge in [-0.05, 0) is 52.4 Å². The number of carbonyl (C=O) groups excluding carboxylic acids is 1. The molecule has 18 nitrogen and oxygen atoms in total. The number of rotatable bonds is 3. The van der Waals surface area contributed by atoms with E-state index in [0.29, 0.717) is 0 Å². The number of esters is 1. The third-order valence-corrected chi connectivity index (χ3v) is 12.2. The van der Waals surface area contributed by atoms with E-state index < -0.39 is 141 Å². The Kier molecular flexibility index (Phi) is 23.8. The second kappa shape index (κ2) is 27.6. The number of nitrogens with two attached hydrogens (primary N) is 1. The third-order valence-electron chi connectivity index (χ3n) is 12.2. The summed E-state index contributed by atoms with van der Waals surface area (Å²) >= 11 is 0. The van der Waals surface area contributed by atoms with Gasteiger partial charge in [-0.1, -0.05) is 86.8 Å². The van der Waals surface area contributed by atoms with E-state index in [0.717, 1.165) is 12.8 Å². The molecule has 0 unspecified atom stereocenters. The molecule has 3 aliphatic rings. The molecule has 3 rings (SSSR count). The number of aliphatic hydroxyl groups excluding tert-OH is 9. The molecule has 0 radical (unpaired) electrons. The van der Waals surface area contributed by atoms with Crippen molar-refractivity contribution in [3.63, 3.8) is 0 Å². The van der Waals surface area contributed by atoms with E-state index in [1.165, 1.54) is 13.0 Å². The zero-order chi connectivity index (χ0) is 48.4. The number of ether oxygens (including phenoxy) is 4. The molecule has 0 aliphatic carbocycles. The first-order valence-electron chi connectivity index (χ1n) is 22.6. The summed E-state index contributed by atoms with van der Waals surface area (Å²) in [4.78, 5) is 25.1. The van der Waals surface area contributed by atoms with E-state index in [1.54, 1.807) is 38.2 Å². The van der Waals surface area contributed by atoms with Gasteiger partial charge in [-0.15, -0.1) is 0 Å². The highest BCUT2D eigenvalue weighted by Crippen LogP contribution is 2.38. The van der Waals surface area contributed by atoms with Gasteiger partial charge in [0.05, 0.1) is 79.6 Å². The first-order valence-corrected chi connectivity index (χ1v) is 22.6. The van der Waals surface area contributed by atoms with Gasteiger partial charge in [0.25, 0.3) is 0 Å². The van der Waals surface area contributed by atoms with Crippen LogP contribution >= 0.6 is 0 Å². The van der Waals surface area contributed by atoms with Gasteiger partial charge in [0.2, 0.25) is 0 Å². The summed E-state index contributed by atoms with van der Waals surface area (Å²) in [5.41, 5.74) is 6.02. The molecule has 2 saturated heterocycles. The first kappa shape index (κ1) is 56.1. The Balaban J connectivity index is 1.84. The predicted molar refractivity (Wildman–Crippen MR) is 237 cm³/mol. The number of aliphatic hydroxyl groups is 10.